The van der Waals surface area contributed by atoms with E-state index in [1.165, 1.54) is 4.68 Å². The van der Waals surface area contributed by atoms with Crippen LogP contribution in [0.2, 0.25) is 0 Å². The summed E-state index contributed by atoms with van der Waals surface area (Å²) in [6.45, 7) is 4.24. The van der Waals surface area contributed by atoms with Crippen LogP contribution < -0.4 is 0 Å². The summed E-state index contributed by atoms with van der Waals surface area (Å²) in [5.41, 5.74) is 0.481. The zero-order valence-corrected chi connectivity index (χ0v) is 7.73. The zero-order chi connectivity index (χ0) is 9.84. The van der Waals surface area contributed by atoms with E-state index in [1.807, 2.05) is 6.92 Å². The highest BCUT2D eigenvalue weighted by Gasteiger charge is 2.21. The van der Waals surface area contributed by atoms with E-state index in [4.69, 9.17) is 0 Å². The van der Waals surface area contributed by atoms with Crippen molar-refractivity contribution in [3.05, 3.63) is 15.8 Å². The van der Waals surface area contributed by atoms with Gasteiger partial charge in [0.1, 0.15) is 6.54 Å². The van der Waals surface area contributed by atoms with E-state index in [0.29, 0.717) is 18.7 Å². The van der Waals surface area contributed by atoms with E-state index >= 15 is 0 Å². The first-order chi connectivity index (χ1) is 6.20. The number of nitro groups is 1. The quantitative estimate of drug-likeness (QED) is 0.519. The molecule has 0 aliphatic carbocycles. The molecule has 0 unspecified atom stereocenters. The molecule has 0 N–H and O–H groups in total. The van der Waals surface area contributed by atoms with Crippen LogP contribution in [-0.2, 0) is 13.0 Å². The molecule has 0 aliphatic rings. The number of nitrogens with zero attached hydrogens (tertiary/aromatic N) is 4. The predicted octanol–water partition coefficient (Wildman–Crippen LogP) is 1.16. The van der Waals surface area contributed by atoms with Crippen LogP contribution in [0.4, 0.5) is 5.82 Å². The van der Waals surface area contributed by atoms with Gasteiger partial charge in [0, 0.05) is 5.21 Å². The van der Waals surface area contributed by atoms with Gasteiger partial charge in [0.05, 0.1) is 0 Å². The summed E-state index contributed by atoms with van der Waals surface area (Å²) in [5, 5.41) is 18.1. The number of aryl methyl sites for hydroxylation is 2. The average Bonchev–Trinajstić information content (AvgIpc) is 2.48. The van der Waals surface area contributed by atoms with Gasteiger partial charge in [0.25, 0.3) is 0 Å². The first kappa shape index (κ1) is 9.63. The molecule has 1 aromatic rings. The Hall–Kier alpha value is -1.46. The maximum atomic E-state index is 10.6. The molecule has 0 radical (unpaired) electrons. The minimum Gasteiger partial charge on any atom is -0.358 e. The highest BCUT2D eigenvalue weighted by molar-refractivity contribution is 5.25. The Balaban J connectivity index is 3.06. The second-order valence-electron chi connectivity index (χ2n) is 2.68. The lowest BCUT2D eigenvalue weighted by Gasteiger charge is -1.96. The summed E-state index contributed by atoms with van der Waals surface area (Å²) in [7, 11) is 0. The van der Waals surface area contributed by atoms with Gasteiger partial charge in [-0.1, -0.05) is 13.3 Å². The highest BCUT2D eigenvalue weighted by Crippen LogP contribution is 2.16. The number of hydrogen-bond acceptors (Lipinski definition) is 4. The fraction of sp³-hybridized carbons (Fsp3) is 0.714. The van der Waals surface area contributed by atoms with Gasteiger partial charge >= 0.3 is 5.82 Å². The lowest BCUT2D eigenvalue weighted by Crippen LogP contribution is -2.03. The van der Waals surface area contributed by atoms with Crippen LogP contribution in [0.3, 0.4) is 0 Å². The smallest absolute Gasteiger partial charge is 0.358 e. The molecule has 0 amide bonds. The van der Waals surface area contributed by atoms with Crippen LogP contribution in [0.15, 0.2) is 0 Å². The molecule has 0 bridgehead atoms. The van der Waals surface area contributed by atoms with E-state index < -0.39 is 4.92 Å². The fourth-order valence-corrected chi connectivity index (χ4v) is 1.16. The molecule has 0 fully saturated rings. The van der Waals surface area contributed by atoms with Crippen molar-refractivity contribution in [1.29, 1.82) is 0 Å². The van der Waals surface area contributed by atoms with E-state index in [1.54, 1.807) is 6.92 Å². The molecule has 13 heavy (non-hydrogen) atoms. The van der Waals surface area contributed by atoms with Gasteiger partial charge in [-0.05, 0) is 18.3 Å². The monoisotopic (exact) mass is 184 g/mol. The van der Waals surface area contributed by atoms with E-state index in [2.05, 4.69) is 10.3 Å². The van der Waals surface area contributed by atoms with Crippen molar-refractivity contribution in [2.24, 2.45) is 0 Å². The van der Waals surface area contributed by atoms with Crippen molar-refractivity contribution in [1.82, 2.24) is 15.0 Å². The summed E-state index contributed by atoms with van der Waals surface area (Å²) < 4.78 is 1.31. The van der Waals surface area contributed by atoms with Crippen LogP contribution in [0.5, 0.6) is 0 Å². The summed E-state index contributed by atoms with van der Waals surface area (Å²) >= 11 is 0. The SMILES string of the molecule is CCCc1nnn(CC)c1[N+](=O)[O-]. The maximum absolute atomic E-state index is 10.6. The summed E-state index contributed by atoms with van der Waals surface area (Å²) in [5.74, 6) is 0.0318. The third-order valence-corrected chi connectivity index (χ3v) is 1.74. The van der Waals surface area contributed by atoms with Crippen molar-refractivity contribution in [3.63, 3.8) is 0 Å². The van der Waals surface area contributed by atoms with Crippen LogP contribution in [-0.4, -0.2) is 19.9 Å². The van der Waals surface area contributed by atoms with Crippen LogP contribution >= 0.6 is 0 Å². The van der Waals surface area contributed by atoms with Gasteiger partial charge < -0.3 is 10.1 Å². The third-order valence-electron chi connectivity index (χ3n) is 1.74. The van der Waals surface area contributed by atoms with E-state index in [-0.39, 0.29) is 5.82 Å². The van der Waals surface area contributed by atoms with Crippen LogP contribution in [0.1, 0.15) is 26.0 Å². The molecule has 6 nitrogen and oxygen atoms in total. The average molecular weight is 184 g/mol. The molecule has 0 spiro atoms. The van der Waals surface area contributed by atoms with Crippen molar-refractivity contribution >= 4 is 5.82 Å². The second-order valence-corrected chi connectivity index (χ2v) is 2.68. The van der Waals surface area contributed by atoms with Crippen molar-refractivity contribution in [2.45, 2.75) is 33.2 Å². The Kier molecular flexibility index (Phi) is 2.94. The molecule has 1 heterocycles. The van der Waals surface area contributed by atoms with Gasteiger partial charge in [0.15, 0.2) is 5.69 Å². The molecule has 72 valence electrons. The fourth-order valence-electron chi connectivity index (χ4n) is 1.16. The third kappa shape index (κ3) is 1.82. The molecule has 0 saturated heterocycles. The van der Waals surface area contributed by atoms with Crippen molar-refractivity contribution in [3.8, 4) is 0 Å². The number of hydrogen-bond donors (Lipinski definition) is 0. The first-order valence-corrected chi connectivity index (χ1v) is 4.27. The molecule has 0 atom stereocenters. The molecule has 1 aromatic heterocycles. The minimum atomic E-state index is -0.422. The molecule has 0 aliphatic heterocycles. The van der Waals surface area contributed by atoms with Gasteiger partial charge in [-0.25, -0.2) is 0 Å². The number of aromatic nitrogens is 3. The molecular weight excluding hydrogens is 172 g/mol. The topological polar surface area (TPSA) is 73.8 Å². The Labute approximate surface area is 75.7 Å². The Morgan fingerprint density at radius 1 is 1.54 bits per heavy atom. The highest BCUT2D eigenvalue weighted by atomic mass is 16.6. The summed E-state index contributed by atoms with van der Waals surface area (Å²) in [6, 6.07) is 0. The molecule has 6 heteroatoms. The summed E-state index contributed by atoms with van der Waals surface area (Å²) in [4.78, 5) is 10.2. The normalized spacial score (nSPS) is 10.3. The van der Waals surface area contributed by atoms with E-state index in [9.17, 15) is 10.1 Å². The largest absolute Gasteiger partial charge is 0.368 e. The Morgan fingerprint density at radius 2 is 2.23 bits per heavy atom. The van der Waals surface area contributed by atoms with Gasteiger partial charge in [0.2, 0.25) is 0 Å². The molecule has 0 aromatic carbocycles. The molecule has 1 rings (SSSR count). The van der Waals surface area contributed by atoms with Crippen LogP contribution in [0.25, 0.3) is 0 Å². The Morgan fingerprint density at radius 3 is 2.69 bits per heavy atom. The Bertz CT molecular complexity index is 307. The van der Waals surface area contributed by atoms with Gasteiger partial charge in [-0.3, -0.25) is 0 Å². The first-order valence-electron chi connectivity index (χ1n) is 4.27. The summed E-state index contributed by atoms with van der Waals surface area (Å²) in [6.07, 6.45) is 1.44. The van der Waals surface area contributed by atoms with E-state index in [0.717, 1.165) is 6.42 Å². The minimum absolute atomic E-state index is 0.0318. The number of rotatable bonds is 4. The predicted molar refractivity (Wildman–Crippen MR) is 46.3 cm³/mol. The standard InChI is InChI=1S/C7H12N4O2/c1-3-5-6-7(11(12)13)10(4-2)9-8-6/h3-5H2,1-2H3. The molecule has 0 saturated carbocycles. The van der Waals surface area contributed by atoms with Crippen molar-refractivity contribution < 1.29 is 4.92 Å². The van der Waals surface area contributed by atoms with Crippen LogP contribution in [0, 0.1) is 10.1 Å². The van der Waals surface area contributed by atoms with Crippen molar-refractivity contribution in [2.75, 3.05) is 0 Å². The zero-order valence-electron chi connectivity index (χ0n) is 7.73. The van der Waals surface area contributed by atoms with Gasteiger partial charge in [-0.15, -0.1) is 9.78 Å². The second kappa shape index (κ2) is 3.97. The lowest BCUT2D eigenvalue weighted by atomic mass is 10.2. The van der Waals surface area contributed by atoms with Gasteiger partial charge in [-0.2, -0.15) is 0 Å². The lowest BCUT2D eigenvalue weighted by molar-refractivity contribution is -0.393. The maximum Gasteiger partial charge on any atom is 0.368 e. The molecular formula is C7H12N4O2.